The summed E-state index contributed by atoms with van der Waals surface area (Å²) >= 11 is 0. The van der Waals surface area contributed by atoms with Crippen molar-refractivity contribution in [2.75, 3.05) is 11.9 Å². The van der Waals surface area contributed by atoms with E-state index in [1.807, 2.05) is 0 Å². The molecule has 14 heavy (non-hydrogen) atoms. The average molecular weight is 193 g/mol. The van der Waals surface area contributed by atoms with E-state index in [9.17, 15) is 0 Å². The van der Waals surface area contributed by atoms with Gasteiger partial charge in [0.15, 0.2) is 0 Å². The van der Waals surface area contributed by atoms with Crippen LogP contribution in [0.25, 0.3) is 0 Å². The highest BCUT2D eigenvalue weighted by molar-refractivity contribution is 5.31. The first kappa shape index (κ1) is 9.56. The van der Waals surface area contributed by atoms with Crippen LogP contribution in [0, 0.1) is 0 Å². The van der Waals surface area contributed by atoms with E-state index in [4.69, 9.17) is 0 Å². The van der Waals surface area contributed by atoms with E-state index in [0.29, 0.717) is 6.04 Å². The zero-order chi connectivity index (χ0) is 9.80. The summed E-state index contributed by atoms with van der Waals surface area (Å²) in [5.74, 6) is 1.01. The number of rotatable bonds is 3. The van der Waals surface area contributed by atoms with Gasteiger partial charge in [-0.1, -0.05) is 19.3 Å². The third-order valence-corrected chi connectivity index (χ3v) is 2.92. The average Bonchev–Trinajstić information content (AvgIpc) is 2.68. The second-order valence-electron chi connectivity index (χ2n) is 4.00. The normalized spacial score (nSPS) is 18.4. The zero-order valence-electron chi connectivity index (χ0n) is 8.87. The van der Waals surface area contributed by atoms with Crippen LogP contribution in [0.3, 0.4) is 0 Å². The maximum absolute atomic E-state index is 4.53. The Labute approximate surface area is 85.5 Å². The molecule has 0 bridgehead atoms. The summed E-state index contributed by atoms with van der Waals surface area (Å²) in [5, 5.41) is 7.76. The van der Waals surface area contributed by atoms with Gasteiger partial charge in [0.2, 0.25) is 0 Å². The standard InChI is InChI=1S/C11H19N3/c1-2-12-11-8-9-14(13-11)10-6-4-3-5-7-10/h8-10H,2-7H2,1H3,(H,12,13). The van der Waals surface area contributed by atoms with Gasteiger partial charge in [0.05, 0.1) is 6.04 Å². The van der Waals surface area contributed by atoms with E-state index in [0.717, 1.165) is 12.4 Å². The molecule has 1 aliphatic carbocycles. The number of hydrogen-bond acceptors (Lipinski definition) is 2. The van der Waals surface area contributed by atoms with Crippen LogP contribution in [0.2, 0.25) is 0 Å². The fourth-order valence-corrected chi connectivity index (χ4v) is 2.16. The number of nitrogens with zero attached hydrogens (tertiary/aromatic N) is 2. The van der Waals surface area contributed by atoms with Gasteiger partial charge in [0, 0.05) is 18.8 Å². The Morgan fingerprint density at radius 3 is 2.93 bits per heavy atom. The summed E-state index contributed by atoms with van der Waals surface area (Å²) in [7, 11) is 0. The third-order valence-electron chi connectivity index (χ3n) is 2.92. The third kappa shape index (κ3) is 2.08. The lowest BCUT2D eigenvalue weighted by molar-refractivity contribution is 0.330. The van der Waals surface area contributed by atoms with Crippen molar-refractivity contribution in [1.29, 1.82) is 0 Å². The molecule has 0 spiro atoms. The van der Waals surface area contributed by atoms with Crippen molar-refractivity contribution in [1.82, 2.24) is 9.78 Å². The van der Waals surface area contributed by atoms with Crippen LogP contribution < -0.4 is 5.32 Å². The first-order valence-corrected chi connectivity index (χ1v) is 5.69. The molecule has 0 amide bonds. The van der Waals surface area contributed by atoms with Gasteiger partial charge in [-0.2, -0.15) is 5.10 Å². The highest BCUT2D eigenvalue weighted by atomic mass is 15.3. The van der Waals surface area contributed by atoms with Crippen LogP contribution in [-0.4, -0.2) is 16.3 Å². The van der Waals surface area contributed by atoms with E-state index in [1.165, 1.54) is 32.1 Å². The van der Waals surface area contributed by atoms with Gasteiger partial charge in [-0.05, 0) is 19.8 Å². The van der Waals surface area contributed by atoms with Gasteiger partial charge in [-0.3, -0.25) is 4.68 Å². The van der Waals surface area contributed by atoms with Gasteiger partial charge >= 0.3 is 0 Å². The molecule has 3 heteroatoms. The van der Waals surface area contributed by atoms with Crippen molar-refractivity contribution in [3.63, 3.8) is 0 Å². The summed E-state index contributed by atoms with van der Waals surface area (Å²) in [6.45, 7) is 3.04. The molecule has 1 fully saturated rings. The molecule has 1 N–H and O–H groups in total. The van der Waals surface area contributed by atoms with E-state index >= 15 is 0 Å². The second-order valence-corrected chi connectivity index (χ2v) is 4.00. The van der Waals surface area contributed by atoms with Gasteiger partial charge in [0.25, 0.3) is 0 Å². The molecule has 1 saturated carbocycles. The summed E-state index contributed by atoms with van der Waals surface area (Å²) in [5.41, 5.74) is 0. The Hall–Kier alpha value is -0.990. The molecule has 0 radical (unpaired) electrons. The lowest BCUT2D eigenvalue weighted by atomic mass is 9.96. The zero-order valence-corrected chi connectivity index (χ0v) is 8.87. The number of nitrogens with one attached hydrogen (secondary N) is 1. The van der Waals surface area contributed by atoms with E-state index in [-0.39, 0.29) is 0 Å². The van der Waals surface area contributed by atoms with Crippen molar-refractivity contribution < 1.29 is 0 Å². The van der Waals surface area contributed by atoms with Gasteiger partial charge in [0.1, 0.15) is 5.82 Å². The molecule has 2 rings (SSSR count). The molecule has 0 unspecified atom stereocenters. The summed E-state index contributed by atoms with van der Waals surface area (Å²) in [6, 6.07) is 2.72. The first-order valence-electron chi connectivity index (χ1n) is 5.69. The Bertz CT molecular complexity index is 274. The van der Waals surface area contributed by atoms with Crippen molar-refractivity contribution in [2.45, 2.75) is 45.1 Å². The summed E-state index contributed by atoms with van der Waals surface area (Å²) in [6.07, 6.45) is 8.83. The van der Waals surface area contributed by atoms with Crippen molar-refractivity contribution in [3.05, 3.63) is 12.3 Å². The molecular formula is C11H19N3. The molecule has 0 saturated heterocycles. The Balaban J connectivity index is 2.00. The molecule has 0 atom stereocenters. The number of hydrogen-bond donors (Lipinski definition) is 1. The van der Waals surface area contributed by atoms with Crippen LogP contribution in [0.4, 0.5) is 5.82 Å². The topological polar surface area (TPSA) is 29.9 Å². The van der Waals surface area contributed by atoms with Gasteiger partial charge < -0.3 is 5.32 Å². The summed E-state index contributed by atoms with van der Waals surface area (Å²) < 4.78 is 2.14. The van der Waals surface area contributed by atoms with Crippen molar-refractivity contribution >= 4 is 5.82 Å². The maximum atomic E-state index is 4.53. The van der Waals surface area contributed by atoms with E-state index < -0.39 is 0 Å². The van der Waals surface area contributed by atoms with Crippen LogP contribution in [-0.2, 0) is 0 Å². The lowest BCUT2D eigenvalue weighted by Crippen LogP contribution is -2.13. The predicted molar refractivity (Wildman–Crippen MR) is 58.5 cm³/mol. The number of anilines is 1. The van der Waals surface area contributed by atoms with Crippen molar-refractivity contribution in [3.8, 4) is 0 Å². The monoisotopic (exact) mass is 193 g/mol. The Morgan fingerprint density at radius 1 is 1.43 bits per heavy atom. The Kier molecular flexibility index (Phi) is 3.07. The summed E-state index contributed by atoms with van der Waals surface area (Å²) in [4.78, 5) is 0. The lowest BCUT2D eigenvalue weighted by Gasteiger charge is -2.21. The van der Waals surface area contributed by atoms with Crippen molar-refractivity contribution in [2.24, 2.45) is 0 Å². The Morgan fingerprint density at radius 2 is 2.21 bits per heavy atom. The molecule has 1 aliphatic rings. The minimum atomic E-state index is 0.649. The van der Waals surface area contributed by atoms with Gasteiger partial charge in [-0.15, -0.1) is 0 Å². The van der Waals surface area contributed by atoms with Crippen LogP contribution in [0.15, 0.2) is 12.3 Å². The highest BCUT2D eigenvalue weighted by Crippen LogP contribution is 2.27. The van der Waals surface area contributed by atoms with Crippen LogP contribution >= 0.6 is 0 Å². The molecule has 0 aromatic carbocycles. The minimum absolute atomic E-state index is 0.649. The van der Waals surface area contributed by atoms with Gasteiger partial charge in [-0.25, -0.2) is 0 Å². The minimum Gasteiger partial charge on any atom is -0.369 e. The molecule has 1 aromatic heterocycles. The molecule has 0 aliphatic heterocycles. The van der Waals surface area contributed by atoms with E-state index in [1.54, 1.807) is 0 Å². The molecular weight excluding hydrogens is 174 g/mol. The molecule has 78 valence electrons. The number of aromatic nitrogens is 2. The fraction of sp³-hybridized carbons (Fsp3) is 0.727. The van der Waals surface area contributed by atoms with Crippen LogP contribution in [0.1, 0.15) is 45.1 Å². The highest BCUT2D eigenvalue weighted by Gasteiger charge is 2.15. The largest absolute Gasteiger partial charge is 0.369 e. The first-order chi connectivity index (χ1) is 6.90. The fourth-order valence-electron chi connectivity index (χ4n) is 2.16. The van der Waals surface area contributed by atoms with E-state index in [2.05, 4.69) is 34.3 Å². The smallest absolute Gasteiger partial charge is 0.147 e. The van der Waals surface area contributed by atoms with Crippen LogP contribution in [0.5, 0.6) is 0 Å². The predicted octanol–water partition coefficient (Wildman–Crippen LogP) is 2.82. The molecule has 1 heterocycles. The molecule has 1 aromatic rings. The maximum Gasteiger partial charge on any atom is 0.147 e. The second kappa shape index (κ2) is 4.49. The quantitative estimate of drug-likeness (QED) is 0.800. The molecule has 3 nitrogen and oxygen atoms in total. The SMILES string of the molecule is CCNc1ccn(C2CCCCC2)n1.